The topological polar surface area (TPSA) is 116 Å². The third-order valence-electron chi connectivity index (χ3n) is 5.52. The maximum absolute atomic E-state index is 12.6. The van der Waals surface area contributed by atoms with Crippen LogP contribution in [0.25, 0.3) is 0 Å². The van der Waals surface area contributed by atoms with Crippen molar-refractivity contribution < 1.29 is 17.9 Å². The predicted molar refractivity (Wildman–Crippen MR) is 88.0 cm³/mol. The van der Waals surface area contributed by atoms with E-state index >= 15 is 0 Å². The fraction of sp³-hybridized carbons (Fsp3) is 0.733. The summed E-state index contributed by atoms with van der Waals surface area (Å²) in [5.41, 5.74) is 0. The number of hydrogen-bond acceptors (Lipinski definition) is 5. The molecule has 138 valence electrons. The van der Waals surface area contributed by atoms with Gasteiger partial charge >= 0.3 is 6.03 Å². The monoisotopic (exact) mass is 369 g/mol. The van der Waals surface area contributed by atoms with Crippen molar-refractivity contribution >= 4 is 16.1 Å². The molecule has 1 aromatic heterocycles. The number of carbonyl (C=O) groups excluding carboxylic acids is 1. The van der Waals surface area contributed by atoms with Crippen LogP contribution in [0.2, 0.25) is 0 Å². The smallest absolute Gasteiger partial charge is 0.317 e. The molecule has 3 aliphatic heterocycles. The van der Waals surface area contributed by atoms with Crippen molar-refractivity contribution in [3.05, 3.63) is 12.4 Å². The number of amides is 2. The second kappa shape index (κ2) is 6.58. The Morgan fingerprint density at radius 2 is 2.00 bits per heavy atom. The normalized spacial score (nSPS) is 31.8. The highest BCUT2D eigenvalue weighted by Crippen LogP contribution is 2.34. The van der Waals surface area contributed by atoms with Gasteiger partial charge in [-0.15, -0.1) is 0 Å². The average Bonchev–Trinajstić information content (AvgIpc) is 3.16. The molecule has 25 heavy (non-hydrogen) atoms. The molecule has 0 unspecified atom stereocenters. The van der Waals surface area contributed by atoms with Crippen LogP contribution in [0.1, 0.15) is 25.7 Å². The molecule has 0 aromatic carbocycles. The Balaban J connectivity index is 1.43. The van der Waals surface area contributed by atoms with Crippen molar-refractivity contribution in [1.29, 1.82) is 0 Å². The van der Waals surface area contributed by atoms with Crippen LogP contribution >= 0.6 is 0 Å². The zero-order valence-electron chi connectivity index (χ0n) is 13.8. The van der Waals surface area contributed by atoms with Crippen LogP contribution in [0, 0.1) is 11.8 Å². The summed E-state index contributed by atoms with van der Waals surface area (Å²) in [6.07, 6.45) is 5.96. The van der Waals surface area contributed by atoms with Gasteiger partial charge < -0.3 is 15.4 Å². The SMILES string of the molecule is O=C1N[C@H]2OCCC[C@H]2[C@H](C2CCN(S(=O)(=O)c3cn[nH]c3)CC2)N1. The lowest BCUT2D eigenvalue weighted by Gasteiger charge is -2.46. The minimum atomic E-state index is -3.49. The highest BCUT2D eigenvalue weighted by molar-refractivity contribution is 7.89. The quantitative estimate of drug-likeness (QED) is 0.706. The molecular weight excluding hydrogens is 346 g/mol. The number of hydrogen-bond donors (Lipinski definition) is 3. The first-order chi connectivity index (χ1) is 12.1. The Labute approximate surface area is 146 Å². The second-order valence-electron chi connectivity index (χ2n) is 6.92. The molecular formula is C15H23N5O4S. The van der Waals surface area contributed by atoms with E-state index in [1.54, 1.807) is 0 Å². The lowest BCUT2D eigenvalue weighted by molar-refractivity contribution is -0.0696. The Kier molecular flexibility index (Phi) is 4.42. The number of nitrogens with zero attached hydrogens (tertiary/aromatic N) is 2. The molecule has 0 saturated carbocycles. The van der Waals surface area contributed by atoms with Crippen molar-refractivity contribution in [3.8, 4) is 0 Å². The number of fused-ring (bicyclic) bond motifs is 1. The number of urea groups is 1. The number of piperidine rings is 1. The van der Waals surface area contributed by atoms with Gasteiger partial charge in [0.15, 0.2) is 0 Å². The van der Waals surface area contributed by atoms with Gasteiger partial charge in [-0.2, -0.15) is 9.40 Å². The Hall–Kier alpha value is -1.65. The van der Waals surface area contributed by atoms with Gasteiger partial charge in [0.05, 0.1) is 6.20 Å². The molecule has 3 N–H and O–H groups in total. The van der Waals surface area contributed by atoms with Crippen molar-refractivity contribution in [2.45, 2.75) is 42.8 Å². The Morgan fingerprint density at radius 1 is 1.20 bits per heavy atom. The predicted octanol–water partition coefficient (Wildman–Crippen LogP) is 0.245. The number of carbonyl (C=O) groups is 1. The van der Waals surface area contributed by atoms with Crippen molar-refractivity contribution in [2.75, 3.05) is 19.7 Å². The van der Waals surface area contributed by atoms with Gasteiger partial charge in [0.25, 0.3) is 0 Å². The van der Waals surface area contributed by atoms with Gasteiger partial charge in [0, 0.05) is 37.9 Å². The molecule has 1 aromatic rings. The molecule has 0 bridgehead atoms. The summed E-state index contributed by atoms with van der Waals surface area (Å²) in [4.78, 5) is 12.1. The molecule has 10 heteroatoms. The summed E-state index contributed by atoms with van der Waals surface area (Å²) in [5.74, 6) is 0.504. The lowest BCUT2D eigenvalue weighted by Crippen LogP contribution is -2.65. The average molecular weight is 369 g/mol. The van der Waals surface area contributed by atoms with E-state index in [2.05, 4.69) is 20.8 Å². The Bertz CT molecular complexity index is 714. The number of aromatic amines is 1. The zero-order valence-corrected chi connectivity index (χ0v) is 14.7. The number of aromatic nitrogens is 2. The molecule has 9 nitrogen and oxygen atoms in total. The zero-order chi connectivity index (χ0) is 17.4. The highest BCUT2D eigenvalue weighted by Gasteiger charge is 2.43. The minimum Gasteiger partial charge on any atom is -0.358 e. The van der Waals surface area contributed by atoms with Gasteiger partial charge in [0.1, 0.15) is 11.1 Å². The maximum atomic E-state index is 12.6. The van der Waals surface area contributed by atoms with Gasteiger partial charge in [-0.05, 0) is 31.6 Å². The number of rotatable bonds is 3. The number of H-pyrrole nitrogens is 1. The van der Waals surface area contributed by atoms with Crippen LogP contribution in [0.3, 0.4) is 0 Å². The first-order valence-electron chi connectivity index (χ1n) is 8.73. The van der Waals surface area contributed by atoms with Crippen LogP contribution in [-0.4, -0.2) is 60.9 Å². The van der Waals surface area contributed by atoms with Crippen molar-refractivity contribution in [3.63, 3.8) is 0 Å². The summed E-state index contributed by atoms with van der Waals surface area (Å²) >= 11 is 0. The van der Waals surface area contributed by atoms with Gasteiger partial charge in [-0.1, -0.05) is 0 Å². The summed E-state index contributed by atoms with van der Waals surface area (Å²) in [6, 6.07) is -0.153. The van der Waals surface area contributed by atoms with Crippen LogP contribution < -0.4 is 10.6 Å². The lowest BCUT2D eigenvalue weighted by atomic mass is 9.78. The van der Waals surface area contributed by atoms with E-state index in [9.17, 15) is 13.2 Å². The molecule has 0 spiro atoms. The van der Waals surface area contributed by atoms with Gasteiger partial charge in [-0.25, -0.2) is 13.2 Å². The first-order valence-corrected chi connectivity index (χ1v) is 10.2. The molecule has 3 fully saturated rings. The van der Waals surface area contributed by atoms with Gasteiger partial charge in [-0.3, -0.25) is 5.10 Å². The van der Waals surface area contributed by atoms with Crippen LogP contribution in [0.5, 0.6) is 0 Å². The van der Waals surface area contributed by atoms with Crippen LogP contribution in [0.4, 0.5) is 4.79 Å². The van der Waals surface area contributed by atoms with Crippen LogP contribution in [0.15, 0.2) is 17.3 Å². The molecule has 3 aliphatic rings. The molecule has 3 saturated heterocycles. The summed E-state index contributed by atoms with van der Waals surface area (Å²) in [7, 11) is -3.49. The largest absolute Gasteiger partial charge is 0.358 e. The van der Waals surface area contributed by atoms with Crippen molar-refractivity contribution in [1.82, 2.24) is 25.1 Å². The molecule has 4 heterocycles. The van der Waals surface area contributed by atoms with Crippen molar-refractivity contribution in [2.24, 2.45) is 11.8 Å². The van der Waals surface area contributed by atoms with Gasteiger partial charge in [0.2, 0.25) is 10.0 Å². The third-order valence-corrected chi connectivity index (χ3v) is 7.38. The minimum absolute atomic E-state index is 0.0397. The Morgan fingerprint density at radius 3 is 2.72 bits per heavy atom. The fourth-order valence-electron chi connectivity index (χ4n) is 4.22. The number of ether oxygens (including phenoxy) is 1. The maximum Gasteiger partial charge on any atom is 0.317 e. The van der Waals surface area contributed by atoms with E-state index in [-0.39, 0.29) is 35.0 Å². The second-order valence-corrected chi connectivity index (χ2v) is 8.85. The van der Waals surface area contributed by atoms with E-state index in [1.807, 2.05) is 0 Å². The molecule has 4 rings (SSSR count). The summed E-state index contributed by atoms with van der Waals surface area (Å²) in [6.45, 7) is 1.59. The standard InChI is InChI=1S/C15H23N5O4S/c21-15-18-13(12-2-1-7-24-14(12)19-15)10-3-5-20(6-4-10)25(22,23)11-8-16-17-9-11/h8-10,12-14H,1-7H2,(H,16,17)(H2,18,19,21)/t12-,13-,14-/m0/s1. The van der Waals surface area contributed by atoms with E-state index < -0.39 is 10.0 Å². The molecule has 2 amide bonds. The molecule has 0 aliphatic carbocycles. The van der Waals surface area contributed by atoms with E-state index in [0.717, 1.165) is 25.7 Å². The molecule has 0 radical (unpaired) electrons. The number of sulfonamides is 1. The summed E-state index contributed by atoms with van der Waals surface area (Å²) < 4.78 is 32.4. The highest BCUT2D eigenvalue weighted by atomic mass is 32.2. The third kappa shape index (κ3) is 3.13. The fourth-order valence-corrected chi connectivity index (χ4v) is 5.60. The van der Waals surface area contributed by atoms with E-state index in [0.29, 0.717) is 19.7 Å². The first kappa shape index (κ1) is 16.8. The van der Waals surface area contributed by atoms with E-state index in [4.69, 9.17) is 4.74 Å². The molecule has 3 atom stereocenters. The number of nitrogens with one attached hydrogen (secondary N) is 3. The van der Waals surface area contributed by atoms with E-state index in [1.165, 1.54) is 16.7 Å². The summed E-state index contributed by atoms with van der Waals surface area (Å²) in [5, 5.41) is 12.2. The van der Waals surface area contributed by atoms with Crippen LogP contribution in [-0.2, 0) is 14.8 Å².